The molecule has 1 aliphatic heterocycles. The predicted molar refractivity (Wildman–Crippen MR) is 80.5 cm³/mol. The van der Waals surface area contributed by atoms with Gasteiger partial charge in [0.25, 0.3) is 10.1 Å². The van der Waals surface area contributed by atoms with E-state index in [0.29, 0.717) is 0 Å². The number of nitrogens with zero attached hydrogens (tertiary/aromatic N) is 1. The Bertz CT molecular complexity index is 774. The maximum absolute atomic E-state index is 12.7. The first-order chi connectivity index (χ1) is 10.6. The van der Waals surface area contributed by atoms with E-state index in [1.54, 1.807) is 18.2 Å². The van der Waals surface area contributed by atoms with Crippen molar-refractivity contribution in [2.24, 2.45) is 0 Å². The molecule has 0 aromatic heterocycles. The molecule has 0 N–H and O–H groups in total. The van der Waals surface area contributed by atoms with Gasteiger partial charge in [0, 0.05) is 13.0 Å². The Balaban J connectivity index is 2.35. The number of benzene rings is 1. The van der Waals surface area contributed by atoms with Gasteiger partial charge in [-0.15, -0.1) is 0 Å². The van der Waals surface area contributed by atoms with Crippen molar-refractivity contribution in [2.75, 3.05) is 19.9 Å². The Morgan fingerprint density at radius 1 is 1.17 bits per heavy atom. The van der Waals surface area contributed by atoms with Crippen molar-refractivity contribution in [3.05, 3.63) is 30.3 Å². The number of ether oxygens (including phenoxy) is 1. The molecule has 0 unspecified atom stereocenters. The van der Waals surface area contributed by atoms with E-state index < -0.39 is 38.3 Å². The van der Waals surface area contributed by atoms with E-state index in [1.165, 1.54) is 12.1 Å². The van der Waals surface area contributed by atoms with Crippen LogP contribution >= 0.6 is 0 Å². The molecule has 1 aliphatic rings. The van der Waals surface area contributed by atoms with Crippen molar-refractivity contribution < 1.29 is 30.6 Å². The third-order valence-corrected chi connectivity index (χ3v) is 5.86. The van der Waals surface area contributed by atoms with Crippen LogP contribution in [0.25, 0.3) is 0 Å². The third kappa shape index (κ3) is 4.08. The van der Waals surface area contributed by atoms with Crippen LogP contribution in [0.4, 0.5) is 0 Å². The monoisotopic (exact) mass is 363 g/mol. The highest BCUT2D eigenvalue weighted by Gasteiger charge is 2.46. The lowest BCUT2D eigenvalue weighted by Gasteiger charge is -2.21. The van der Waals surface area contributed by atoms with Crippen LogP contribution in [0, 0.1) is 0 Å². The van der Waals surface area contributed by atoms with Crippen LogP contribution in [-0.4, -0.2) is 59.2 Å². The second-order valence-corrected chi connectivity index (χ2v) is 8.58. The van der Waals surface area contributed by atoms with Gasteiger partial charge in [-0.1, -0.05) is 18.2 Å². The molecule has 1 aromatic carbocycles. The van der Waals surface area contributed by atoms with Crippen LogP contribution in [0.5, 0.6) is 0 Å². The first-order valence-electron chi connectivity index (χ1n) is 6.68. The summed E-state index contributed by atoms with van der Waals surface area (Å²) >= 11 is 0. The fraction of sp³-hybridized carbons (Fsp3) is 0.462. The molecule has 2 rings (SSSR count). The highest BCUT2D eigenvalue weighted by atomic mass is 32.2. The largest absolute Gasteiger partial charge is 0.468 e. The first kappa shape index (κ1) is 17.9. The van der Waals surface area contributed by atoms with Crippen LogP contribution in [-0.2, 0) is 33.9 Å². The van der Waals surface area contributed by atoms with Crippen LogP contribution in [0.2, 0.25) is 0 Å². The van der Waals surface area contributed by atoms with Crippen molar-refractivity contribution in [3.63, 3.8) is 0 Å². The molecule has 0 aliphatic carbocycles. The SMILES string of the molecule is COC(=O)[C@H]1C[C@H](OS(C)(=O)=O)CN1S(=O)(=O)c1ccccc1. The molecule has 0 radical (unpaired) electrons. The summed E-state index contributed by atoms with van der Waals surface area (Å²) in [6, 6.07) is 6.44. The highest BCUT2D eigenvalue weighted by molar-refractivity contribution is 7.89. The Kier molecular flexibility index (Phi) is 5.09. The summed E-state index contributed by atoms with van der Waals surface area (Å²) in [6.07, 6.45) is -0.159. The van der Waals surface area contributed by atoms with Gasteiger partial charge < -0.3 is 4.74 Å². The van der Waals surface area contributed by atoms with Crippen LogP contribution in [0.3, 0.4) is 0 Å². The molecule has 128 valence electrons. The van der Waals surface area contributed by atoms with E-state index in [4.69, 9.17) is 4.18 Å². The first-order valence-corrected chi connectivity index (χ1v) is 9.94. The molecule has 10 heteroatoms. The Morgan fingerprint density at radius 2 is 1.78 bits per heavy atom. The van der Waals surface area contributed by atoms with E-state index in [-0.39, 0.29) is 17.9 Å². The van der Waals surface area contributed by atoms with Gasteiger partial charge in [0.05, 0.1) is 24.4 Å². The van der Waals surface area contributed by atoms with E-state index in [9.17, 15) is 21.6 Å². The molecule has 0 bridgehead atoms. The summed E-state index contributed by atoms with van der Waals surface area (Å²) in [6.45, 7) is -0.246. The summed E-state index contributed by atoms with van der Waals surface area (Å²) in [7, 11) is -6.61. The zero-order chi connectivity index (χ0) is 17.3. The van der Waals surface area contributed by atoms with Gasteiger partial charge in [-0.3, -0.25) is 8.98 Å². The van der Waals surface area contributed by atoms with Crippen molar-refractivity contribution >= 4 is 26.1 Å². The quantitative estimate of drug-likeness (QED) is 0.534. The summed E-state index contributed by atoms with van der Waals surface area (Å²) < 4.78 is 58.3. The number of sulfonamides is 1. The molecular formula is C13H17NO7S2. The van der Waals surface area contributed by atoms with E-state index in [2.05, 4.69) is 4.74 Å². The predicted octanol–water partition coefficient (Wildman–Crippen LogP) is -0.0326. The molecule has 1 saturated heterocycles. The molecule has 1 heterocycles. The van der Waals surface area contributed by atoms with Gasteiger partial charge in [-0.05, 0) is 12.1 Å². The lowest BCUT2D eigenvalue weighted by molar-refractivity contribution is -0.144. The highest BCUT2D eigenvalue weighted by Crippen LogP contribution is 2.29. The summed E-state index contributed by atoms with van der Waals surface area (Å²) in [4.78, 5) is 11.9. The molecular weight excluding hydrogens is 346 g/mol. The van der Waals surface area contributed by atoms with Gasteiger partial charge in [0.1, 0.15) is 6.04 Å². The van der Waals surface area contributed by atoms with Gasteiger partial charge in [-0.2, -0.15) is 12.7 Å². The summed E-state index contributed by atoms with van der Waals surface area (Å²) in [5.41, 5.74) is 0. The molecule has 0 saturated carbocycles. The third-order valence-electron chi connectivity index (χ3n) is 3.35. The fourth-order valence-electron chi connectivity index (χ4n) is 2.43. The van der Waals surface area contributed by atoms with E-state index in [0.717, 1.165) is 17.7 Å². The number of methoxy groups -OCH3 is 1. The number of rotatable bonds is 5. The number of hydrogen-bond acceptors (Lipinski definition) is 7. The van der Waals surface area contributed by atoms with E-state index >= 15 is 0 Å². The average Bonchev–Trinajstić information content (AvgIpc) is 2.90. The second kappa shape index (κ2) is 6.56. The molecule has 8 nitrogen and oxygen atoms in total. The number of esters is 1. The zero-order valence-corrected chi connectivity index (χ0v) is 14.2. The smallest absolute Gasteiger partial charge is 0.324 e. The molecule has 1 fully saturated rings. The minimum atomic E-state index is -3.97. The van der Waals surface area contributed by atoms with Crippen LogP contribution in [0.15, 0.2) is 35.2 Å². The number of carbonyl (C=O) groups excluding carboxylic acids is 1. The Labute approximate surface area is 135 Å². The maximum atomic E-state index is 12.7. The zero-order valence-electron chi connectivity index (χ0n) is 12.6. The van der Waals surface area contributed by atoms with Gasteiger partial charge in [0.15, 0.2) is 0 Å². The average molecular weight is 363 g/mol. The van der Waals surface area contributed by atoms with Gasteiger partial charge in [-0.25, -0.2) is 8.42 Å². The molecule has 1 aromatic rings. The van der Waals surface area contributed by atoms with Crippen molar-refractivity contribution in [2.45, 2.75) is 23.5 Å². The second-order valence-electron chi connectivity index (χ2n) is 5.08. The topological polar surface area (TPSA) is 107 Å². The standard InChI is InChI=1S/C13H17NO7S2/c1-20-13(15)12-8-10(21-22(2,16)17)9-14(12)23(18,19)11-6-4-3-5-7-11/h3-7,10,12H,8-9H2,1-2H3/t10-,12+/m0/s1. The fourth-order valence-corrected chi connectivity index (χ4v) is 4.70. The molecule has 0 spiro atoms. The number of hydrogen-bond donors (Lipinski definition) is 0. The molecule has 2 atom stereocenters. The Hall–Kier alpha value is -1.49. The van der Waals surface area contributed by atoms with E-state index in [1.807, 2.05) is 0 Å². The summed E-state index contributed by atoms with van der Waals surface area (Å²) in [5.74, 6) is -0.760. The minimum Gasteiger partial charge on any atom is -0.468 e. The van der Waals surface area contributed by atoms with Gasteiger partial charge >= 0.3 is 5.97 Å². The molecule has 0 amide bonds. The van der Waals surface area contributed by atoms with Crippen molar-refractivity contribution in [3.8, 4) is 0 Å². The maximum Gasteiger partial charge on any atom is 0.324 e. The van der Waals surface area contributed by atoms with Crippen molar-refractivity contribution in [1.29, 1.82) is 0 Å². The Morgan fingerprint density at radius 3 is 2.30 bits per heavy atom. The normalized spacial score (nSPS) is 22.9. The lowest BCUT2D eigenvalue weighted by Crippen LogP contribution is -2.41. The van der Waals surface area contributed by atoms with Crippen LogP contribution in [0.1, 0.15) is 6.42 Å². The van der Waals surface area contributed by atoms with Crippen molar-refractivity contribution in [1.82, 2.24) is 4.31 Å². The van der Waals surface area contributed by atoms with Gasteiger partial charge in [0.2, 0.25) is 10.0 Å². The number of carbonyl (C=O) groups is 1. The van der Waals surface area contributed by atoms with Crippen LogP contribution < -0.4 is 0 Å². The summed E-state index contributed by atoms with van der Waals surface area (Å²) in [5, 5.41) is 0. The lowest BCUT2D eigenvalue weighted by atomic mass is 10.2. The minimum absolute atomic E-state index is 0.00825. The molecule has 23 heavy (non-hydrogen) atoms.